The maximum atomic E-state index is 4.75. The fourth-order valence-electron chi connectivity index (χ4n) is 3.01. The normalized spacial score (nSPS) is 15.4. The van der Waals surface area contributed by atoms with E-state index in [-0.39, 0.29) is 33.6 Å². The van der Waals surface area contributed by atoms with Crippen molar-refractivity contribution in [2.75, 3.05) is 19.6 Å². The molecule has 5 heteroatoms. The van der Waals surface area contributed by atoms with E-state index in [1.807, 2.05) is 0 Å². The third-order valence-electron chi connectivity index (χ3n) is 3.23. The molecule has 0 saturated carbocycles. The van der Waals surface area contributed by atoms with Gasteiger partial charge in [0.05, 0.1) is 0 Å². The Morgan fingerprint density at radius 1 is 0.542 bits per heavy atom. The van der Waals surface area contributed by atoms with Crippen molar-refractivity contribution in [2.45, 2.75) is 98.6 Å². The average molecular weight is 418 g/mol. The van der Waals surface area contributed by atoms with Crippen LogP contribution in [0.1, 0.15) is 62.3 Å². The summed E-state index contributed by atoms with van der Waals surface area (Å²) >= 11 is 0. The minimum Gasteiger partial charge on any atom is -0.656 e. The molecule has 0 amide bonds. The third kappa shape index (κ3) is 17.5. The SMILES string of the molecule is CC(C)[N-]C(C)CN(CC(C)[N-]C(C)C)CC(C)[N-]C(C)C.[CH3-].[Zr+4]. The molecule has 3 unspecified atom stereocenters. The molecule has 0 spiro atoms. The summed E-state index contributed by atoms with van der Waals surface area (Å²) in [5.41, 5.74) is 0. The largest absolute Gasteiger partial charge is 4.00 e. The van der Waals surface area contributed by atoms with Crippen LogP contribution in [0.3, 0.4) is 0 Å². The standard InChI is InChI=1S/C18H39N4.CH3.Zr/c1-13(2)19-16(7)10-22(11-17(8)20-14(3)4)12-18(9)21-15(5)6;;/h13-18H,10-12H2,1-9H3;1H3;/q-3;-1;+4. The fraction of sp³-hybridized carbons (Fsp3) is 0.947. The van der Waals surface area contributed by atoms with Crippen molar-refractivity contribution in [2.24, 2.45) is 0 Å². The maximum absolute atomic E-state index is 4.75. The minimum atomic E-state index is 0. The third-order valence-corrected chi connectivity index (χ3v) is 3.23. The van der Waals surface area contributed by atoms with E-state index in [1.165, 1.54) is 0 Å². The summed E-state index contributed by atoms with van der Waals surface area (Å²) in [7, 11) is 0. The Hall–Kier alpha value is 0.723. The zero-order valence-corrected chi connectivity index (χ0v) is 20.3. The number of rotatable bonds is 12. The summed E-state index contributed by atoms with van der Waals surface area (Å²) in [6.45, 7) is 22.5. The van der Waals surface area contributed by atoms with Crippen molar-refractivity contribution in [1.82, 2.24) is 4.90 Å². The molecule has 0 aliphatic rings. The van der Waals surface area contributed by atoms with E-state index in [9.17, 15) is 0 Å². The molecule has 24 heavy (non-hydrogen) atoms. The van der Waals surface area contributed by atoms with E-state index < -0.39 is 0 Å². The van der Waals surface area contributed by atoms with Gasteiger partial charge in [-0.15, -0.1) is 36.3 Å². The number of hydrogen-bond donors (Lipinski definition) is 0. The summed E-state index contributed by atoms with van der Waals surface area (Å²) in [4.78, 5) is 2.49. The summed E-state index contributed by atoms with van der Waals surface area (Å²) in [5, 5.41) is 14.3. The van der Waals surface area contributed by atoms with Crippen LogP contribution in [-0.2, 0) is 26.2 Å². The van der Waals surface area contributed by atoms with Crippen LogP contribution in [-0.4, -0.2) is 60.8 Å². The summed E-state index contributed by atoms with van der Waals surface area (Å²) < 4.78 is 0. The first kappa shape index (κ1) is 29.5. The molecule has 0 fully saturated rings. The Labute approximate surface area is 172 Å². The smallest absolute Gasteiger partial charge is 0.656 e. The molecule has 0 bridgehead atoms. The molecular weight excluding hydrogens is 375 g/mol. The monoisotopic (exact) mass is 416 g/mol. The van der Waals surface area contributed by atoms with E-state index in [4.69, 9.17) is 16.0 Å². The molecule has 0 aliphatic carbocycles. The van der Waals surface area contributed by atoms with Crippen LogP contribution >= 0.6 is 0 Å². The number of hydrogen-bond acceptors (Lipinski definition) is 1. The first-order valence-electron chi connectivity index (χ1n) is 8.92. The van der Waals surface area contributed by atoms with Crippen molar-refractivity contribution < 1.29 is 26.2 Å². The second kappa shape index (κ2) is 15.9. The first-order valence-corrected chi connectivity index (χ1v) is 8.92. The van der Waals surface area contributed by atoms with Crippen molar-refractivity contribution in [3.63, 3.8) is 0 Å². The fourth-order valence-corrected chi connectivity index (χ4v) is 3.01. The van der Waals surface area contributed by atoms with Crippen molar-refractivity contribution in [3.05, 3.63) is 23.4 Å². The molecule has 0 aromatic heterocycles. The molecular formula is C19H42N4Zr. The molecule has 4 nitrogen and oxygen atoms in total. The predicted octanol–water partition coefficient (Wildman–Crippen LogP) is 5.25. The molecule has 0 aromatic rings. The molecule has 0 rings (SSSR count). The molecule has 0 aliphatic heterocycles. The van der Waals surface area contributed by atoms with Crippen LogP contribution in [0.4, 0.5) is 0 Å². The molecule has 0 aromatic carbocycles. The molecule has 0 heterocycles. The Morgan fingerprint density at radius 3 is 0.917 bits per heavy atom. The van der Waals surface area contributed by atoms with Crippen LogP contribution in [0.5, 0.6) is 0 Å². The molecule has 0 radical (unpaired) electrons. The van der Waals surface area contributed by atoms with Crippen molar-refractivity contribution >= 4 is 0 Å². The number of nitrogens with zero attached hydrogens (tertiary/aromatic N) is 4. The summed E-state index contributed by atoms with van der Waals surface area (Å²) in [6, 6.07) is 2.26. The summed E-state index contributed by atoms with van der Waals surface area (Å²) in [6.07, 6.45) is 0. The van der Waals surface area contributed by atoms with Gasteiger partial charge in [-0.1, -0.05) is 62.3 Å². The van der Waals surface area contributed by atoms with Crippen LogP contribution in [0, 0.1) is 7.43 Å². The van der Waals surface area contributed by atoms with Gasteiger partial charge in [0.2, 0.25) is 0 Å². The quantitative estimate of drug-likeness (QED) is 0.400. The second-order valence-electron chi connectivity index (χ2n) is 7.49. The molecule has 0 N–H and O–H groups in total. The van der Waals surface area contributed by atoms with E-state index in [0.29, 0.717) is 36.3 Å². The van der Waals surface area contributed by atoms with Gasteiger partial charge in [-0.25, -0.2) is 0 Å². The summed E-state index contributed by atoms with van der Waals surface area (Å²) in [5.74, 6) is 0. The van der Waals surface area contributed by atoms with Crippen LogP contribution in [0.25, 0.3) is 16.0 Å². The van der Waals surface area contributed by atoms with Crippen molar-refractivity contribution in [3.8, 4) is 0 Å². The van der Waals surface area contributed by atoms with Gasteiger partial charge in [-0.3, -0.25) is 0 Å². The van der Waals surface area contributed by atoms with Gasteiger partial charge in [-0.2, -0.15) is 0 Å². The molecule has 3 atom stereocenters. The van der Waals surface area contributed by atoms with Gasteiger partial charge < -0.3 is 28.3 Å². The van der Waals surface area contributed by atoms with Gasteiger partial charge in [-0.05, 0) is 19.6 Å². The zero-order valence-electron chi connectivity index (χ0n) is 17.9. The van der Waals surface area contributed by atoms with E-state index in [2.05, 4.69) is 67.2 Å². The Kier molecular flexibility index (Phi) is 19.6. The minimum absolute atomic E-state index is 0. The van der Waals surface area contributed by atoms with Crippen LogP contribution in [0.15, 0.2) is 0 Å². The average Bonchev–Trinajstić information content (AvgIpc) is 2.23. The van der Waals surface area contributed by atoms with Crippen LogP contribution < -0.4 is 0 Å². The van der Waals surface area contributed by atoms with Crippen molar-refractivity contribution in [1.29, 1.82) is 0 Å². The molecule has 142 valence electrons. The Bertz CT molecular complexity index is 229. The van der Waals surface area contributed by atoms with Crippen LogP contribution in [0.2, 0.25) is 0 Å². The Morgan fingerprint density at radius 2 is 0.750 bits per heavy atom. The van der Waals surface area contributed by atoms with Gasteiger partial charge in [0.15, 0.2) is 0 Å². The zero-order chi connectivity index (χ0) is 17.3. The van der Waals surface area contributed by atoms with Gasteiger partial charge >= 0.3 is 26.2 Å². The predicted molar refractivity (Wildman–Crippen MR) is 107 cm³/mol. The van der Waals surface area contributed by atoms with Gasteiger partial charge in [0.25, 0.3) is 0 Å². The van der Waals surface area contributed by atoms with E-state index >= 15 is 0 Å². The second-order valence-corrected chi connectivity index (χ2v) is 7.49. The Balaban J connectivity index is -0.00000220. The topological polar surface area (TPSA) is 45.5 Å². The maximum Gasteiger partial charge on any atom is 4.00 e. The van der Waals surface area contributed by atoms with E-state index in [1.54, 1.807) is 0 Å². The van der Waals surface area contributed by atoms with Gasteiger partial charge in [0, 0.05) is 0 Å². The first-order chi connectivity index (χ1) is 10.1. The van der Waals surface area contributed by atoms with Gasteiger partial charge in [0.1, 0.15) is 0 Å². The molecule has 0 saturated heterocycles. The van der Waals surface area contributed by atoms with E-state index in [0.717, 1.165) is 19.6 Å².